The maximum absolute atomic E-state index is 12.0. The van der Waals surface area contributed by atoms with Gasteiger partial charge in [-0.2, -0.15) is 0 Å². The van der Waals surface area contributed by atoms with Gasteiger partial charge in [0.1, 0.15) is 5.01 Å². The topological polar surface area (TPSA) is 56.1 Å². The molecule has 6 heteroatoms. The summed E-state index contributed by atoms with van der Waals surface area (Å²) in [5.74, 6) is 0. The zero-order valence-electron chi connectivity index (χ0n) is 12.7. The van der Waals surface area contributed by atoms with Gasteiger partial charge in [0.25, 0.3) is 5.56 Å². The van der Waals surface area contributed by atoms with E-state index in [9.17, 15) is 4.79 Å². The van der Waals surface area contributed by atoms with E-state index in [-0.39, 0.29) is 5.56 Å². The van der Waals surface area contributed by atoms with Crippen LogP contribution in [0, 0.1) is 0 Å². The Bertz CT molecular complexity index is 667. The number of nitrogens with zero attached hydrogens (tertiary/aromatic N) is 2. The lowest BCUT2D eigenvalue weighted by Crippen LogP contribution is -2.37. The average molecular weight is 319 g/mol. The molecule has 22 heavy (non-hydrogen) atoms. The molecule has 1 aliphatic carbocycles. The molecule has 0 aliphatic heterocycles. The third kappa shape index (κ3) is 3.45. The smallest absolute Gasteiger partial charge is 0.250 e. The van der Waals surface area contributed by atoms with Crippen LogP contribution in [0.5, 0.6) is 0 Å². The average Bonchev–Trinajstić information content (AvgIpc) is 3.05. The molecule has 0 spiro atoms. The van der Waals surface area contributed by atoms with Crippen molar-refractivity contribution in [1.82, 2.24) is 14.9 Å². The molecule has 0 radical (unpaired) electrons. The number of fused-ring (bicyclic) bond motifs is 1. The number of nitrogens with one attached hydrogen (secondary N) is 1. The number of pyridine rings is 1. The predicted octanol–water partition coefficient (Wildman–Crippen LogP) is 1.60. The summed E-state index contributed by atoms with van der Waals surface area (Å²) in [6.45, 7) is 2.03. The van der Waals surface area contributed by atoms with Crippen molar-refractivity contribution in [3.8, 4) is 0 Å². The molecule has 118 valence electrons. The first-order valence-electron chi connectivity index (χ1n) is 7.60. The maximum atomic E-state index is 12.0. The monoisotopic (exact) mass is 319 g/mol. The zero-order valence-corrected chi connectivity index (χ0v) is 13.6. The summed E-state index contributed by atoms with van der Waals surface area (Å²) in [7, 11) is 1.67. The van der Waals surface area contributed by atoms with Crippen LogP contribution in [0.3, 0.4) is 0 Å². The first-order valence-corrected chi connectivity index (χ1v) is 8.48. The molecule has 0 saturated carbocycles. The number of aromatic nitrogens is 2. The molecule has 0 aromatic carbocycles. The molecule has 5 nitrogen and oxygen atoms in total. The van der Waals surface area contributed by atoms with Crippen LogP contribution in [0.2, 0.25) is 0 Å². The van der Waals surface area contributed by atoms with Crippen molar-refractivity contribution in [2.45, 2.75) is 38.4 Å². The Labute approximate surface area is 134 Å². The van der Waals surface area contributed by atoms with Gasteiger partial charge < -0.3 is 14.6 Å². The lowest BCUT2D eigenvalue weighted by atomic mass is 9.91. The minimum absolute atomic E-state index is 0.0741. The normalized spacial score (nSPS) is 17.4. The van der Waals surface area contributed by atoms with Crippen LogP contribution < -0.4 is 10.9 Å². The van der Waals surface area contributed by atoms with Crippen molar-refractivity contribution in [2.24, 2.45) is 0 Å². The molecule has 1 atom stereocenters. The van der Waals surface area contributed by atoms with Crippen LogP contribution in [0.15, 0.2) is 28.5 Å². The number of ether oxygens (including phenoxy) is 1. The lowest BCUT2D eigenvalue weighted by molar-refractivity contribution is 0.184. The van der Waals surface area contributed by atoms with Crippen molar-refractivity contribution in [2.75, 3.05) is 13.7 Å². The number of hydrogen-bond acceptors (Lipinski definition) is 5. The summed E-state index contributed by atoms with van der Waals surface area (Å²) in [5, 5.41) is 6.70. The van der Waals surface area contributed by atoms with Gasteiger partial charge in [-0.15, -0.1) is 11.3 Å². The van der Waals surface area contributed by atoms with Crippen molar-refractivity contribution < 1.29 is 4.74 Å². The van der Waals surface area contributed by atoms with Gasteiger partial charge in [-0.1, -0.05) is 6.07 Å². The van der Waals surface area contributed by atoms with Gasteiger partial charge in [0.2, 0.25) is 0 Å². The molecule has 3 rings (SSSR count). The second kappa shape index (κ2) is 7.17. The molecule has 2 aromatic rings. The molecule has 0 saturated heterocycles. The molecular weight excluding hydrogens is 298 g/mol. The Morgan fingerprint density at radius 1 is 1.50 bits per heavy atom. The second-order valence-corrected chi connectivity index (χ2v) is 6.51. The first kappa shape index (κ1) is 15.4. The maximum Gasteiger partial charge on any atom is 0.250 e. The fraction of sp³-hybridized carbons (Fsp3) is 0.500. The van der Waals surface area contributed by atoms with Gasteiger partial charge in [0.05, 0.1) is 6.61 Å². The van der Waals surface area contributed by atoms with Crippen molar-refractivity contribution in [3.05, 3.63) is 50.3 Å². The SMILES string of the molecule is COCCn1c2c(ccc1=O)C[C@H](NCc1nccs1)CC2. The predicted molar refractivity (Wildman–Crippen MR) is 87.3 cm³/mol. The van der Waals surface area contributed by atoms with Crippen LogP contribution in [-0.4, -0.2) is 29.3 Å². The van der Waals surface area contributed by atoms with Crippen LogP contribution in [0.25, 0.3) is 0 Å². The molecular formula is C16H21N3O2S. The van der Waals surface area contributed by atoms with E-state index in [1.54, 1.807) is 24.5 Å². The molecule has 0 amide bonds. The van der Waals surface area contributed by atoms with Crippen LogP contribution >= 0.6 is 11.3 Å². The number of methoxy groups -OCH3 is 1. The van der Waals surface area contributed by atoms with E-state index in [0.29, 0.717) is 19.2 Å². The van der Waals surface area contributed by atoms with Crippen LogP contribution in [0.4, 0.5) is 0 Å². The van der Waals surface area contributed by atoms with Gasteiger partial charge in [-0.05, 0) is 24.8 Å². The number of rotatable bonds is 6. The van der Waals surface area contributed by atoms with E-state index < -0.39 is 0 Å². The number of hydrogen-bond donors (Lipinski definition) is 1. The van der Waals surface area contributed by atoms with E-state index in [4.69, 9.17) is 4.74 Å². The standard InChI is InChI=1S/C16H21N3O2S/c1-21-8-7-19-14-4-3-13(10-12(14)2-5-16(19)20)18-11-15-17-6-9-22-15/h2,5-6,9,13,18H,3-4,7-8,10-11H2,1H3/t13-/m1/s1. The highest BCUT2D eigenvalue weighted by Gasteiger charge is 2.21. The highest BCUT2D eigenvalue weighted by atomic mass is 32.1. The summed E-state index contributed by atoms with van der Waals surface area (Å²) in [6.07, 6.45) is 4.79. The molecule has 1 aliphatic rings. The Kier molecular flexibility index (Phi) is 5.02. The summed E-state index contributed by atoms with van der Waals surface area (Å²) < 4.78 is 6.99. The van der Waals surface area contributed by atoms with E-state index >= 15 is 0 Å². The molecule has 0 bridgehead atoms. The Hall–Kier alpha value is -1.50. The molecule has 0 unspecified atom stereocenters. The van der Waals surface area contributed by atoms with Crippen molar-refractivity contribution >= 4 is 11.3 Å². The van der Waals surface area contributed by atoms with E-state index in [1.165, 1.54) is 11.3 Å². The van der Waals surface area contributed by atoms with E-state index in [2.05, 4.69) is 10.3 Å². The summed E-state index contributed by atoms with van der Waals surface area (Å²) in [6, 6.07) is 4.11. The molecule has 2 aromatic heterocycles. The van der Waals surface area contributed by atoms with Crippen LogP contribution in [-0.2, 0) is 30.7 Å². The third-order valence-electron chi connectivity index (χ3n) is 4.13. The lowest BCUT2D eigenvalue weighted by Gasteiger charge is -2.27. The van der Waals surface area contributed by atoms with Gasteiger partial charge in [0.15, 0.2) is 0 Å². The second-order valence-electron chi connectivity index (χ2n) is 5.53. The highest BCUT2D eigenvalue weighted by molar-refractivity contribution is 7.09. The summed E-state index contributed by atoms with van der Waals surface area (Å²) >= 11 is 1.68. The van der Waals surface area contributed by atoms with Gasteiger partial charge in [-0.25, -0.2) is 4.98 Å². The minimum atomic E-state index is 0.0741. The Morgan fingerprint density at radius 3 is 3.18 bits per heavy atom. The fourth-order valence-electron chi connectivity index (χ4n) is 3.00. The molecule has 2 heterocycles. The Balaban J connectivity index is 1.69. The van der Waals surface area contributed by atoms with E-state index in [0.717, 1.165) is 30.8 Å². The van der Waals surface area contributed by atoms with E-state index in [1.807, 2.05) is 22.2 Å². The van der Waals surface area contributed by atoms with Gasteiger partial charge >= 0.3 is 0 Å². The first-order chi connectivity index (χ1) is 10.8. The number of thiazole rings is 1. The quantitative estimate of drug-likeness (QED) is 0.879. The largest absolute Gasteiger partial charge is 0.383 e. The minimum Gasteiger partial charge on any atom is -0.383 e. The van der Waals surface area contributed by atoms with Gasteiger partial charge in [-0.3, -0.25) is 4.79 Å². The highest BCUT2D eigenvalue weighted by Crippen LogP contribution is 2.20. The van der Waals surface area contributed by atoms with Crippen molar-refractivity contribution in [3.63, 3.8) is 0 Å². The summed E-state index contributed by atoms with van der Waals surface area (Å²) in [5.41, 5.74) is 2.53. The molecule has 1 N–H and O–H groups in total. The third-order valence-corrected chi connectivity index (χ3v) is 4.91. The zero-order chi connectivity index (χ0) is 15.4. The van der Waals surface area contributed by atoms with Crippen LogP contribution in [0.1, 0.15) is 22.7 Å². The Morgan fingerprint density at radius 2 is 2.41 bits per heavy atom. The fourth-order valence-corrected chi connectivity index (χ4v) is 3.57. The van der Waals surface area contributed by atoms with Crippen molar-refractivity contribution in [1.29, 1.82) is 0 Å². The molecule has 0 fully saturated rings. The summed E-state index contributed by atoms with van der Waals surface area (Å²) in [4.78, 5) is 16.3. The van der Waals surface area contributed by atoms with Gasteiger partial charge in [0, 0.05) is 49.6 Å².